The molecule has 0 heterocycles. The van der Waals surface area contributed by atoms with E-state index in [4.69, 9.17) is 9.47 Å². The van der Waals surface area contributed by atoms with E-state index in [9.17, 15) is 14.7 Å². The molecule has 0 radical (unpaired) electrons. The fourth-order valence-electron chi connectivity index (χ4n) is 8.49. The Labute approximate surface area is 411 Å². The Hall–Kier alpha value is -2.40. The minimum Gasteiger partial charge on any atom is -0.462 e. The summed E-state index contributed by atoms with van der Waals surface area (Å²) in [5.74, 6) is -0.579. The minimum absolute atomic E-state index is 0.0639. The van der Waals surface area contributed by atoms with Crippen LogP contribution in [-0.2, 0) is 19.1 Å². The van der Waals surface area contributed by atoms with Crippen molar-refractivity contribution in [3.63, 3.8) is 0 Å². The maximum Gasteiger partial charge on any atom is 0.306 e. The van der Waals surface area contributed by atoms with E-state index < -0.39 is 6.10 Å². The molecule has 0 saturated carbocycles. The number of rotatable bonds is 53. The number of hydrogen-bond acceptors (Lipinski definition) is 5. The lowest BCUT2D eigenvalue weighted by atomic mass is 10.0. The molecule has 384 valence electrons. The number of hydrogen-bond donors (Lipinski definition) is 1. The van der Waals surface area contributed by atoms with Gasteiger partial charge in [0.25, 0.3) is 0 Å². The van der Waals surface area contributed by atoms with Crippen molar-refractivity contribution < 1.29 is 24.2 Å². The van der Waals surface area contributed by atoms with Crippen molar-refractivity contribution in [1.29, 1.82) is 0 Å². The molecule has 0 aromatic rings. The molecule has 5 heteroatoms. The second-order valence-corrected chi connectivity index (χ2v) is 19.3. The van der Waals surface area contributed by atoms with Crippen LogP contribution in [-0.4, -0.2) is 36.4 Å². The Morgan fingerprint density at radius 3 is 1.00 bits per heavy atom. The second-order valence-electron chi connectivity index (χ2n) is 19.3. The molecule has 0 aromatic carbocycles. The summed E-state index contributed by atoms with van der Waals surface area (Å²) in [6, 6.07) is 0. The maximum absolute atomic E-state index is 12.3. The van der Waals surface area contributed by atoms with Crippen molar-refractivity contribution in [2.45, 2.75) is 302 Å². The highest BCUT2D eigenvalue weighted by Crippen LogP contribution is 2.17. The summed E-state index contributed by atoms with van der Waals surface area (Å²) in [7, 11) is 0. The molecule has 0 aliphatic carbocycles. The number of allylic oxidation sites excluding steroid dienone is 10. The third kappa shape index (κ3) is 54.2. The largest absolute Gasteiger partial charge is 0.462 e. The van der Waals surface area contributed by atoms with E-state index in [-0.39, 0.29) is 25.2 Å². The monoisotopic (exact) mass is 923 g/mol. The summed E-state index contributed by atoms with van der Waals surface area (Å²) < 4.78 is 10.7. The molecule has 0 aromatic heterocycles. The summed E-state index contributed by atoms with van der Waals surface area (Å²) >= 11 is 0. The van der Waals surface area contributed by atoms with Crippen LogP contribution in [0.1, 0.15) is 296 Å². The molecular weight excluding hydrogens is 813 g/mol. The van der Waals surface area contributed by atoms with Gasteiger partial charge in [-0.1, -0.05) is 267 Å². The fourth-order valence-corrected chi connectivity index (χ4v) is 8.49. The second kappa shape index (κ2) is 56.9. The zero-order chi connectivity index (χ0) is 47.7. The van der Waals surface area contributed by atoms with Crippen LogP contribution in [0.5, 0.6) is 0 Å². The molecule has 0 fully saturated rings. The molecule has 5 nitrogen and oxygen atoms in total. The molecule has 66 heavy (non-hydrogen) atoms. The summed E-state index contributed by atoms with van der Waals surface area (Å²) in [5.41, 5.74) is 0. The fraction of sp³-hybridized carbons (Fsp3) is 0.803. The Bertz CT molecular complexity index is 1130. The Morgan fingerprint density at radius 1 is 0.364 bits per heavy atom. The average Bonchev–Trinajstić information content (AvgIpc) is 3.32. The van der Waals surface area contributed by atoms with Gasteiger partial charge in [0.1, 0.15) is 6.61 Å². The average molecular weight is 924 g/mol. The number of carbonyl (C=O) groups excluding carboxylic acids is 2. The minimum atomic E-state index is -0.772. The predicted octanol–water partition coefficient (Wildman–Crippen LogP) is 19.4. The molecule has 0 amide bonds. The zero-order valence-corrected chi connectivity index (χ0v) is 44.0. The van der Waals surface area contributed by atoms with Crippen molar-refractivity contribution in [3.8, 4) is 0 Å². The molecule has 1 N–H and O–H groups in total. The van der Waals surface area contributed by atoms with E-state index >= 15 is 0 Å². The maximum atomic E-state index is 12.3. The standard InChI is InChI=1S/C61H110O5/c1-3-5-7-9-11-13-15-17-19-21-23-24-25-26-27-28-29-30-31-32-33-34-35-36-38-40-42-44-46-48-50-52-54-56-61(64)66-59(57-62)58-65-60(63)55-53-51-49-47-45-43-41-39-37-22-20-18-16-14-12-10-8-6-4-2/h5,7,11,13,17-20,23-24,59,62H,3-4,6,8-10,12,14-16,21-22,25-58H2,1-2H3/b7-5-,13-11-,19-17-,20-18-,24-23-. The smallest absolute Gasteiger partial charge is 0.306 e. The number of aliphatic hydroxyl groups is 1. The summed E-state index contributed by atoms with van der Waals surface area (Å²) in [4.78, 5) is 24.5. The van der Waals surface area contributed by atoms with Gasteiger partial charge in [-0.05, 0) is 77.0 Å². The third-order valence-electron chi connectivity index (χ3n) is 12.8. The quantitative estimate of drug-likeness (QED) is 0.0374. The van der Waals surface area contributed by atoms with Gasteiger partial charge in [0.05, 0.1) is 6.61 Å². The third-order valence-corrected chi connectivity index (χ3v) is 12.8. The Morgan fingerprint density at radius 2 is 0.652 bits per heavy atom. The molecule has 0 rings (SSSR count). The lowest BCUT2D eigenvalue weighted by Crippen LogP contribution is -2.28. The number of unbranched alkanes of at least 4 members (excludes halogenated alkanes) is 35. The van der Waals surface area contributed by atoms with Crippen LogP contribution in [0.15, 0.2) is 60.8 Å². The topological polar surface area (TPSA) is 72.8 Å². The lowest BCUT2D eigenvalue weighted by Gasteiger charge is -2.15. The highest BCUT2D eigenvalue weighted by Gasteiger charge is 2.16. The molecular formula is C61H110O5. The number of ether oxygens (including phenoxy) is 2. The van der Waals surface area contributed by atoms with Crippen LogP contribution in [0, 0.1) is 0 Å². The van der Waals surface area contributed by atoms with Gasteiger partial charge in [0.2, 0.25) is 0 Å². The molecule has 0 saturated heterocycles. The van der Waals surface area contributed by atoms with Crippen LogP contribution in [0.25, 0.3) is 0 Å². The van der Waals surface area contributed by atoms with Crippen molar-refractivity contribution in [3.05, 3.63) is 60.8 Å². The number of aliphatic hydroxyl groups excluding tert-OH is 1. The van der Waals surface area contributed by atoms with Crippen LogP contribution in [0.2, 0.25) is 0 Å². The summed E-state index contributed by atoms with van der Waals surface area (Å²) in [6.07, 6.45) is 76.3. The van der Waals surface area contributed by atoms with Gasteiger partial charge in [-0.25, -0.2) is 0 Å². The highest BCUT2D eigenvalue weighted by molar-refractivity contribution is 5.70. The van der Waals surface area contributed by atoms with Gasteiger partial charge in [-0.2, -0.15) is 0 Å². The Kier molecular flexibility index (Phi) is 54.9. The predicted molar refractivity (Wildman–Crippen MR) is 288 cm³/mol. The first kappa shape index (κ1) is 63.6. The first-order valence-corrected chi connectivity index (χ1v) is 28.8. The summed E-state index contributed by atoms with van der Waals surface area (Å²) in [6.45, 7) is 4.06. The van der Waals surface area contributed by atoms with E-state index in [1.54, 1.807) is 0 Å². The van der Waals surface area contributed by atoms with Crippen LogP contribution in [0.4, 0.5) is 0 Å². The van der Waals surface area contributed by atoms with Crippen molar-refractivity contribution in [2.75, 3.05) is 13.2 Å². The van der Waals surface area contributed by atoms with Gasteiger partial charge in [0, 0.05) is 12.8 Å². The van der Waals surface area contributed by atoms with Gasteiger partial charge >= 0.3 is 11.9 Å². The van der Waals surface area contributed by atoms with Gasteiger partial charge < -0.3 is 14.6 Å². The van der Waals surface area contributed by atoms with Crippen molar-refractivity contribution >= 4 is 11.9 Å². The van der Waals surface area contributed by atoms with E-state index in [1.807, 2.05) is 0 Å². The van der Waals surface area contributed by atoms with Gasteiger partial charge in [-0.3, -0.25) is 9.59 Å². The molecule has 0 aliphatic rings. The summed E-state index contributed by atoms with van der Waals surface area (Å²) in [5, 5.41) is 9.65. The molecule has 0 bridgehead atoms. The van der Waals surface area contributed by atoms with Gasteiger partial charge in [0.15, 0.2) is 6.10 Å². The molecule has 1 unspecified atom stereocenters. The van der Waals surface area contributed by atoms with Crippen LogP contribution >= 0.6 is 0 Å². The highest BCUT2D eigenvalue weighted by atomic mass is 16.6. The lowest BCUT2D eigenvalue weighted by molar-refractivity contribution is -0.161. The first-order valence-electron chi connectivity index (χ1n) is 28.8. The van der Waals surface area contributed by atoms with Crippen molar-refractivity contribution in [2.24, 2.45) is 0 Å². The van der Waals surface area contributed by atoms with E-state index in [0.29, 0.717) is 12.8 Å². The first-order chi connectivity index (χ1) is 32.6. The number of esters is 2. The zero-order valence-electron chi connectivity index (χ0n) is 44.0. The van der Waals surface area contributed by atoms with Gasteiger partial charge in [-0.15, -0.1) is 0 Å². The van der Waals surface area contributed by atoms with Crippen molar-refractivity contribution in [1.82, 2.24) is 0 Å². The van der Waals surface area contributed by atoms with Crippen LogP contribution in [0.3, 0.4) is 0 Å². The normalized spacial score (nSPS) is 12.6. The molecule has 1 atom stereocenters. The molecule has 0 spiro atoms. The van der Waals surface area contributed by atoms with E-state index in [2.05, 4.69) is 74.6 Å². The number of carbonyl (C=O) groups is 2. The van der Waals surface area contributed by atoms with E-state index in [1.165, 1.54) is 205 Å². The molecule has 0 aliphatic heterocycles. The van der Waals surface area contributed by atoms with E-state index in [0.717, 1.165) is 64.2 Å². The van der Waals surface area contributed by atoms with Crippen LogP contribution < -0.4 is 0 Å². The Balaban J connectivity index is 3.43. The SMILES string of the molecule is CC/C=C\C/C=C\C/C=C\C/C=C\CCCCCCCCCCCCCCCCCCCCCCC(=O)OC(CO)COC(=O)CCCCCCCCCCC/C=C\CCCCCCCC.